The highest BCUT2D eigenvalue weighted by Gasteiger charge is 2.53. The van der Waals surface area contributed by atoms with E-state index in [0.29, 0.717) is 28.7 Å². The zero-order valence-corrected chi connectivity index (χ0v) is 16.3. The number of rotatable bonds is 5. The van der Waals surface area contributed by atoms with Crippen molar-refractivity contribution in [1.29, 1.82) is 0 Å². The second-order valence-electron chi connectivity index (χ2n) is 7.83. The number of carbonyl (C=O) groups excluding carboxylic acids is 2. The minimum Gasteiger partial charge on any atom is -0.486 e. The fraction of sp³-hybridized carbons (Fsp3) is 0.524. The lowest BCUT2D eigenvalue weighted by atomic mass is 9.87. The highest BCUT2D eigenvalue weighted by Crippen LogP contribution is 2.46. The molecule has 1 aliphatic carbocycles. The number of allylic oxidation sites excluding steroid dienone is 1. The van der Waals surface area contributed by atoms with Crippen LogP contribution < -0.4 is 20.7 Å². The van der Waals surface area contributed by atoms with E-state index in [1.165, 1.54) is 7.05 Å². The number of fused-ring (bicyclic) bond motifs is 2. The molecule has 150 valence electrons. The molecule has 0 spiro atoms. The highest BCUT2D eigenvalue weighted by molar-refractivity contribution is 6.02. The fourth-order valence-corrected chi connectivity index (χ4v) is 4.57. The molecule has 0 aromatic heterocycles. The summed E-state index contributed by atoms with van der Waals surface area (Å²) in [5.74, 6) is 0.494. The molecule has 6 nitrogen and oxygen atoms in total. The van der Waals surface area contributed by atoms with Gasteiger partial charge in [0.1, 0.15) is 18.5 Å². The van der Waals surface area contributed by atoms with Crippen LogP contribution in [0.1, 0.15) is 46.0 Å². The van der Waals surface area contributed by atoms with Gasteiger partial charge in [0.05, 0.1) is 5.56 Å². The Morgan fingerprint density at radius 1 is 1.29 bits per heavy atom. The molecule has 2 amide bonds. The maximum atomic E-state index is 13.7. The first-order valence-electron chi connectivity index (χ1n) is 9.77. The third-order valence-electron chi connectivity index (χ3n) is 6.32. The summed E-state index contributed by atoms with van der Waals surface area (Å²) in [7, 11) is 1.52. The SMILES string of the molecule is C/C=C(\C)[C@H]1c2cc(C(=O)NC3[C@H]4CNC[C@@H]34)cc(C(=O)NC)c2O[C@@H]1CF. The van der Waals surface area contributed by atoms with Crippen LogP contribution in [0.25, 0.3) is 0 Å². The van der Waals surface area contributed by atoms with Crippen LogP contribution in [0.2, 0.25) is 0 Å². The molecule has 1 aromatic rings. The first-order chi connectivity index (χ1) is 13.5. The summed E-state index contributed by atoms with van der Waals surface area (Å²) in [5, 5.41) is 8.98. The molecule has 1 saturated heterocycles. The predicted octanol–water partition coefficient (Wildman–Crippen LogP) is 1.77. The maximum Gasteiger partial charge on any atom is 0.254 e. The lowest BCUT2D eigenvalue weighted by Gasteiger charge is -2.17. The van der Waals surface area contributed by atoms with Crippen LogP contribution in [0.5, 0.6) is 5.75 Å². The summed E-state index contributed by atoms with van der Waals surface area (Å²) in [6.07, 6.45) is 1.22. The molecule has 7 heteroatoms. The second-order valence-corrected chi connectivity index (χ2v) is 7.83. The van der Waals surface area contributed by atoms with Gasteiger partial charge in [-0.15, -0.1) is 0 Å². The maximum absolute atomic E-state index is 13.7. The number of nitrogens with one attached hydrogen (secondary N) is 3. The van der Waals surface area contributed by atoms with Gasteiger partial charge in [-0.1, -0.05) is 11.6 Å². The van der Waals surface area contributed by atoms with Crippen molar-refractivity contribution < 1.29 is 18.7 Å². The van der Waals surface area contributed by atoms with Crippen LogP contribution in [-0.2, 0) is 0 Å². The summed E-state index contributed by atoms with van der Waals surface area (Å²) >= 11 is 0. The van der Waals surface area contributed by atoms with E-state index in [-0.39, 0.29) is 29.3 Å². The number of ether oxygens (including phenoxy) is 1. The van der Waals surface area contributed by atoms with Crippen molar-refractivity contribution in [3.8, 4) is 5.75 Å². The number of benzene rings is 1. The molecule has 3 aliphatic rings. The van der Waals surface area contributed by atoms with Gasteiger partial charge in [-0.3, -0.25) is 9.59 Å². The number of alkyl halides is 1. The van der Waals surface area contributed by atoms with Gasteiger partial charge in [0.25, 0.3) is 11.8 Å². The zero-order chi connectivity index (χ0) is 20.0. The number of carbonyl (C=O) groups is 2. The highest BCUT2D eigenvalue weighted by atomic mass is 19.1. The Hall–Kier alpha value is -2.41. The van der Waals surface area contributed by atoms with Crippen molar-refractivity contribution in [2.45, 2.75) is 31.9 Å². The predicted molar refractivity (Wildman–Crippen MR) is 103 cm³/mol. The lowest BCUT2D eigenvalue weighted by Crippen LogP contribution is -2.32. The van der Waals surface area contributed by atoms with Gasteiger partial charge in [-0.2, -0.15) is 0 Å². The van der Waals surface area contributed by atoms with E-state index in [9.17, 15) is 14.0 Å². The van der Waals surface area contributed by atoms with E-state index >= 15 is 0 Å². The van der Waals surface area contributed by atoms with Crippen molar-refractivity contribution in [3.05, 3.63) is 40.5 Å². The number of amides is 2. The van der Waals surface area contributed by atoms with E-state index in [4.69, 9.17) is 4.74 Å². The quantitative estimate of drug-likeness (QED) is 0.673. The lowest BCUT2D eigenvalue weighted by molar-refractivity contribution is 0.0946. The molecule has 2 aliphatic heterocycles. The Balaban J connectivity index is 1.70. The molecule has 1 unspecified atom stereocenters. The largest absolute Gasteiger partial charge is 0.486 e. The zero-order valence-electron chi connectivity index (χ0n) is 16.3. The Bertz CT molecular complexity index is 844. The Morgan fingerprint density at radius 2 is 2.00 bits per heavy atom. The fourth-order valence-electron chi connectivity index (χ4n) is 4.57. The van der Waals surface area contributed by atoms with Crippen LogP contribution >= 0.6 is 0 Å². The van der Waals surface area contributed by atoms with Crippen LogP contribution in [-0.4, -0.2) is 50.8 Å². The van der Waals surface area contributed by atoms with Gasteiger partial charge in [0.15, 0.2) is 0 Å². The third-order valence-corrected chi connectivity index (χ3v) is 6.32. The number of halogens is 1. The summed E-state index contributed by atoms with van der Waals surface area (Å²) in [5.41, 5.74) is 2.33. The minimum atomic E-state index is -0.693. The average Bonchev–Trinajstić information content (AvgIpc) is 3.07. The summed E-state index contributed by atoms with van der Waals surface area (Å²) in [6, 6.07) is 3.49. The van der Waals surface area contributed by atoms with Gasteiger partial charge < -0.3 is 20.7 Å². The van der Waals surface area contributed by atoms with E-state index in [1.807, 2.05) is 19.9 Å². The summed E-state index contributed by atoms with van der Waals surface area (Å²) in [6.45, 7) is 4.99. The van der Waals surface area contributed by atoms with Crippen LogP contribution in [0.15, 0.2) is 23.8 Å². The number of hydrogen-bond donors (Lipinski definition) is 3. The van der Waals surface area contributed by atoms with E-state index in [2.05, 4.69) is 16.0 Å². The first kappa shape index (κ1) is 18.9. The third kappa shape index (κ3) is 2.98. The topological polar surface area (TPSA) is 79.5 Å². The van der Waals surface area contributed by atoms with Gasteiger partial charge in [0, 0.05) is 43.2 Å². The van der Waals surface area contributed by atoms with Crippen LogP contribution in [0.4, 0.5) is 4.39 Å². The van der Waals surface area contributed by atoms with Crippen LogP contribution in [0.3, 0.4) is 0 Å². The molecule has 2 heterocycles. The van der Waals surface area contributed by atoms with Crippen molar-refractivity contribution in [2.75, 3.05) is 26.8 Å². The average molecular weight is 387 g/mol. The second kappa shape index (κ2) is 7.20. The molecule has 1 aromatic carbocycles. The molecule has 0 radical (unpaired) electrons. The van der Waals surface area contributed by atoms with Gasteiger partial charge in [-0.05, 0) is 37.8 Å². The van der Waals surface area contributed by atoms with Crippen LogP contribution in [0, 0.1) is 11.8 Å². The molecule has 1 saturated carbocycles. The number of hydrogen-bond acceptors (Lipinski definition) is 4. The molecule has 28 heavy (non-hydrogen) atoms. The molecule has 2 fully saturated rings. The first-order valence-corrected chi connectivity index (χ1v) is 9.77. The van der Waals surface area contributed by atoms with E-state index < -0.39 is 12.8 Å². The van der Waals surface area contributed by atoms with Crippen molar-refractivity contribution in [2.24, 2.45) is 11.8 Å². The molecule has 5 atom stereocenters. The molecular formula is C21H26FN3O3. The van der Waals surface area contributed by atoms with Crippen molar-refractivity contribution in [3.63, 3.8) is 0 Å². The standard InChI is InChI=1S/C21H26FN3O3/c1-4-10(2)17-12-5-11(20(26)25-18-14-8-24-9-15(14)18)6-13(21(27)23-3)19(12)28-16(17)7-22/h4-6,14-18,24H,7-9H2,1-3H3,(H,23,27)(H,25,26)/b10-4+/t14-,15+,16-,17+,18?/m1/s1. The molecular weight excluding hydrogens is 361 g/mol. The number of piperidine rings is 1. The summed E-state index contributed by atoms with van der Waals surface area (Å²) < 4.78 is 19.5. The van der Waals surface area contributed by atoms with E-state index in [1.54, 1.807) is 12.1 Å². The minimum absolute atomic E-state index is 0.188. The Labute approximate surface area is 163 Å². The normalized spacial score (nSPS) is 30.3. The molecule has 4 rings (SSSR count). The Kier molecular flexibility index (Phi) is 4.87. The smallest absolute Gasteiger partial charge is 0.254 e. The summed E-state index contributed by atoms with van der Waals surface area (Å²) in [4.78, 5) is 25.3. The molecule has 0 bridgehead atoms. The molecule has 3 N–H and O–H groups in total. The van der Waals surface area contributed by atoms with Crippen molar-refractivity contribution in [1.82, 2.24) is 16.0 Å². The van der Waals surface area contributed by atoms with Gasteiger partial charge in [0.2, 0.25) is 0 Å². The Morgan fingerprint density at radius 3 is 2.61 bits per heavy atom. The van der Waals surface area contributed by atoms with Gasteiger partial charge in [-0.25, -0.2) is 4.39 Å². The van der Waals surface area contributed by atoms with Crippen molar-refractivity contribution >= 4 is 11.8 Å². The van der Waals surface area contributed by atoms with Gasteiger partial charge >= 0.3 is 0 Å². The van der Waals surface area contributed by atoms with E-state index in [0.717, 1.165) is 18.7 Å². The monoisotopic (exact) mass is 387 g/mol.